The number of alkyl halides is 3. The summed E-state index contributed by atoms with van der Waals surface area (Å²) in [5.41, 5.74) is 0. The first-order chi connectivity index (χ1) is 9.31. The van der Waals surface area contributed by atoms with Gasteiger partial charge >= 0.3 is 12.1 Å². The lowest BCUT2D eigenvalue weighted by Crippen LogP contribution is -2.46. The average Bonchev–Trinajstić information content (AvgIpc) is 2.36. The monoisotopic (exact) mass is 296 g/mol. The number of halogens is 3. The number of rotatable bonds is 5. The third kappa shape index (κ3) is 6.23. The van der Waals surface area contributed by atoms with Gasteiger partial charge < -0.3 is 10.1 Å². The number of nitrogens with zero attached hydrogens (tertiary/aromatic N) is 1. The van der Waals surface area contributed by atoms with Gasteiger partial charge in [-0.1, -0.05) is 0 Å². The molecule has 1 fully saturated rings. The second-order valence-corrected chi connectivity index (χ2v) is 4.72. The lowest BCUT2D eigenvalue weighted by Gasteiger charge is -2.30. The summed E-state index contributed by atoms with van der Waals surface area (Å²) in [6, 6.07) is 0. The van der Waals surface area contributed by atoms with Gasteiger partial charge in [0.25, 0.3) is 0 Å². The predicted molar refractivity (Wildman–Crippen MR) is 64.9 cm³/mol. The molecule has 20 heavy (non-hydrogen) atoms. The molecular formula is C12H19F3N2O3. The molecular weight excluding hydrogens is 277 g/mol. The number of likely N-dealkylation sites (tertiary alicyclic amines) is 1. The van der Waals surface area contributed by atoms with Gasteiger partial charge in [-0.25, -0.2) is 0 Å². The Morgan fingerprint density at radius 2 is 2.10 bits per heavy atom. The standard InChI is InChI=1S/C12H19F3N2O3/c1-2-20-11(19)9-4-3-5-17(6-9)7-10(18)16-8-12(13,14)15/h9H,2-8H2,1H3,(H,16,18)/t9-/m0/s1. The maximum absolute atomic E-state index is 12.0. The molecule has 1 aliphatic heterocycles. The van der Waals surface area contributed by atoms with Gasteiger partial charge in [0.2, 0.25) is 5.91 Å². The Morgan fingerprint density at radius 3 is 2.70 bits per heavy atom. The van der Waals surface area contributed by atoms with Crippen molar-refractivity contribution in [3.63, 3.8) is 0 Å². The summed E-state index contributed by atoms with van der Waals surface area (Å²) in [4.78, 5) is 24.7. The van der Waals surface area contributed by atoms with E-state index >= 15 is 0 Å². The second kappa shape index (κ2) is 7.47. The van der Waals surface area contributed by atoms with Crippen LogP contribution >= 0.6 is 0 Å². The number of ether oxygens (including phenoxy) is 1. The summed E-state index contributed by atoms with van der Waals surface area (Å²) in [5, 5.41) is 1.82. The summed E-state index contributed by atoms with van der Waals surface area (Å²) in [7, 11) is 0. The molecule has 1 saturated heterocycles. The van der Waals surface area contributed by atoms with Crippen molar-refractivity contribution in [2.75, 3.05) is 32.8 Å². The van der Waals surface area contributed by atoms with Crippen molar-refractivity contribution in [1.82, 2.24) is 10.2 Å². The van der Waals surface area contributed by atoms with Crippen molar-refractivity contribution >= 4 is 11.9 Å². The number of hydrogen-bond donors (Lipinski definition) is 1. The zero-order valence-electron chi connectivity index (χ0n) is 11.3. The van der Waals surface area contributed by atoms with Gasteiger partial charge in [0.15, 0.2) is 0 Å². The van der Waals surface area contributed by atoms with Crippen LogP contribution in [0.3, 0.4) is 0 Å². The Labute approximate surface area is 115 Å². The van der Waals surface area contributed by atoms with Gasteiger partial charge in [-0.05, 0) is 26.3 Å². The highest BCUT2D eigenvalue weighted by Crippen LogP contribution is 2.17. The lowest BCUT2D eigenvalue weighted by molar-refractivity contribution is -0.150. The first kappa shape index (κ1) is 16.7. The molecule has 5 nitrogen and oxygen atoms in total. The molecule has 1 aliphatic rings. The lowest BCUT2D eigenvalue weighted by atomic mass is 9.98. The Kier molecular flexibility index (Phi) is 6.25. The zero-order valence-corrected chi connectivity index (χ0v) is 11.3. The van der Waals surface area contributed by atoms with E-state index in [1.54, 1.807) is 11.8 Å². The van der Waals surface area contributed by atoms with Gasteiger partial charge in [-0.3, -0.25) is 14.5 Å². The summed E-state index contributed by atoms with van der Waals surface area (Å²) >= 11 is 0. The molecule has 116 valence electrons. The van der Waals surface area contributed by atoms with Gasteiger partial charge in [0, 0.05) is 6.54 Å². The van der Waals surface area contributed by atoms with E-state index in [4.69, 9.17) is 4.74 Å². The van der Waals surface area contributed by atoms with Crippen LogP contribution in [0.5, 0.6) is 0 Å². The van der Waals surface area contributed by atoms with E-state index in [2.05, 4.69) is 0 Å². The zero-order chi connectivity index (χ0) is 15.2. The van der Waals surface area contributed by atoms with E-state index in [9.17, 15) is 22.8 Å². The Morgan fingerprint density at radius 1 is 1.40 bits per heavy atom. The van der Waals surface area contributed by atoms with Crippen LogP contribution in [0.1, 0.15) is 19.8 Å². The number of esters is 1. The van der Waals surface area contributed by atoms with Crippen molar-refractivity contribution < 1.29 is 27.5 Å². The minimum absolute atomic E-state index is 0.133. The first-order valence-electron chi connectivity index (χ1n) is 6.54. The van der Waals surface area contributed by atoms with Crippen LogP contribution in [0, 0.1) is 5.92 Å². The first-order valence-corrected chi connectivity index (χ1v) is 6.54. The molecule has 1 atom stereocenters. The second-order valence-electron chi connectivity index (χ2n) is 4.72. The Bertz CT molecular complexity index is 347. The van der Waals surface area contributed by atoms with Crippen molar-refractivity contribution in [2.45, 2.75) is 25.9 Å². The number of amides is 1. The van der Waals surface area contributed by atoms with Crippen molar-refractivity contribution in [1.29, 1.82) is 0 Å². The van der Waals surface area contributed by atoms with E-state index in [-0.39, 0.29) is 18.4 Å². The molecule has 0 bridgehead atoms. The molecule has 1 rings (SSSR count). The van der Waals surface area contributed by atoms with Gasteiger partial charge in [-0.2, -0.15) is 13.2 Å². The maximum atomic E-state index is 12.0. The topological polar surface area (TPSA) is 58.6 Å². The molecule has 0 aromatic heterocycles. The molecule has 8 heteroatoms. The summed E-state index contributed by atoms with van der Waals surface area (Å²) in [6.07, 6.45) is -3.01. The van der Waals surface area contributed by atoms with Crippen molar-refractivity contribution in [3.05, 3.63) is 0 Å². The van der Waals surface area contributed by atoms with E-state index < -0.39 is 18.6 Å². The van der Waals surface area contributed by atoms with Gasteiger partial charge in [0.05, 0.1) is 19.1 Å². The number of piperidine rings is 1. The van der Waals surface area contributed by atoms with E-state index in [0.717, 1.165) is 6.42 Å². The quantitative estimate of drug-likeness (QED) is 0.767. The van der Waals surface area contributed by atoms with Crippen LogP contribution in [0.15, 0.2) is 0 Å². The van der Waals surface area contributed by atoms with E-state index in [1.165, 1.54) is 0 Å². The van der Waals surface area contributed by atoms with Gasteiger partial charge in [0.1, 0.15) is 6.54 Å². The molecule has 0 aliphatic carbocycles. The molecule has 0 aromatic carbocycles. The number of carbonyl (C=O) groups excluding carboxylic acids is 2. The molecule has 0 aromatic rings. The van der Waals surface area contributed by atoms with Crippen LogP contribution in [-0.4, -0.2) is 55.7 Å². The van der Waals surface area contributed by atoms with Crippen LogP contribution < -0.4 is 5.32 Å². The van der Waals surface area contributed by atoms with Crippen molar-refractivity contribution in [3.8, 4) is 0 Å². The molecule has 1 N–H and O–H groups in total. The van der Waals surface area contributed by atoms with Crippen LogP contribution in [0.2, 0.25) is 0 Å². The van der Waals surface area contributed by atoms with E-state index in [1.807, 2.05) is 5.32 Å². The predicted octanol–water partition coefficient (Wildman–Crippen LogP) is 0.940. The number of nitrogens with one attached hydrogen (secondary N) is 1. The van der Waals surface area contributed by atoms with Crippen LogP contribution in [0.25, 0.3) is 0 Å². The minimum atomic E-state index is -4.41. The normalized spacial score (nSPS) is 20.5. The minimum Gasteiger partial charge on any atom is -0.466 e. The highest BCUT2D eigenvalue weighted by atomic mass is 19.4. The largest absolute Gasteiger partial charge is 0.466 e. The van der Waals surface area contributed by atoms with Gasteiger partial charge in [-0.15, -0.1) is 0 Å². The number of hydrogen-bond acceptors (Lipinski definition) is 4. The summed E-state index contributed by atoms with van der Waals surface area (Å²) in [5.74, 6) is -1.31. The molecule has 0 unspecified atom stereocenters. The Hall–Kier alpha value is -1.31. The maximum Gasteiger partial charge on any atom is 0.405 e. The molecule has 1 heterocycles. The third-order valence-corrected chi connectivity index (χ3v) is 2.98. The Balaban J connectivity index is 2.36. The third-order valence-electron chi connectivity index (χ3n) is 2.98. The van der Waals surface area contributed by atoms with E-state index in [0.29, 0.717) is 26.1 Å². The molecule has 1 amide bonds. The smallest absolute Gasteiger partial charge is 0.405 e. The fourth-order valence-electron chi connectivity index (χ4n) is 2.11. The van der Waals surface area contributed by atoms with Crippen LogP contribution in [-0.2, 0) is 14.3 Å². The number of carbonyl (C=O) groups is 2. The highest BCUT2D eigenvalue weighted by molar-refractivity contribution is 5.78. The molecule has 0 radical (unpaired) electrons. The molecule has 0 saturated carbocycles. The van der Waals surface area contributed by atoms with Crippen molar-refractivity contribution in [2.24, 2.45) is 5.92 Å². The average molecular weight is 296 g/mol. The highest BCUT2D eigenvalue weighted by Gasteiger charge is 2.30. The fourth-order valence-corrected chi connectivity index (χ4v) is 2.11. The summed E-state index contributed by atoms with van der Waals surface area (Å²) < 4.78 is 40.8. The molecule has 0 spiro atoms. The SMILES string of the molecule is CCOC(=O)[C@H]1CCCN(CC(=O)NCC(F)(F)F)C1. The fraction of sp³-hybridized carbons (Fsp3) is 0.833. The van der Waals surface area contributed by atoms with Crippen LogP contribution in [0.4, 0.5) is 13.2 Å². The summed E-state index contributed by atoms with van der Waals surface area (Å²) in [6.45, 7) is 1.48.